The molecular formula is C17H26O4. The number of hydrogen-bond donors (Lipinski definition) is 1. The molecule has 1 aromatic carbocycles. The number of rotatable bonds is 7. The third-order valence-electron chi connectivity index (χ3n) is 3.94. The molecule has 1 saturated heterocycles. The fraction of sp³-hybridized carbons (Fsp3) is 0.647. The van der Waals surface area contributed by atoms with E-state index >= 15 is 0 Å². The highest BCUT2D eigenvalue weighted by Gasteiger charge is 2.41. The average Bonchev–Trinajstić information content (AvgIpc) is 2.54. The van der Waals surface area contributed by atoms with Crippen LogP contribution in [0, 0.1) is 0 Å². The van der Waals surface area contributed by atoms with Crippen LogP contribution in [0.5, 0.6) is 5.75 Å². The molecule has 4 heteroatoms. The van der Waals surface area contributed by atoms with Crippen LogP contribution in [0.15, 0.2) is 24.3 Å². The largest absolute Gasteiger partial charge is 0.494 e. The minimum Gasteiger partial charge on any atom is -0.494 e. The fourth-order valence-corrected chi connectivity index (χ4v) is 2.77. The quantitative estimate of drug-likeness (QED) is 0.839. The molecule has 118 valence electrons. The topological polar surface area (TPSA) is 47.9 Å². The van der Waals surface area contributed by atoms with Crippen molar-refractivity contribution >= 4 is 0 Å². The van der Waals surface area contributed by atoms with Crippen LogP contribution >= 0.6 is 0 Å². The summed E-state index contributed by atoms with van der Waals surface area (Å²) < 4.78 is 16.9. The molecule has 0 radical (unpaired) electrons. The molecule has 0 aliphatic carbocycles. The van der Waals surface area contributed by atoms with E-state index in [1.165, 1.54) is 0 Å². The van der Waals surface area contributed by atoms with E-state index in [9.17, 15) is 5.11 Å². The maximum atomic E-state index is 10.8. The molecular weight excluding hydrogens is 268 g/mol. The van der Waals surface area contributed by atoms with Crippen molar-refractivity contribution < 1.29 is 19.3 Å². The number of aliphatic hydroxyl groups is 1. The molecule has 1 N–H and O–H groups in total. The van der Waals surface area contributed by atoms with E-state index in [2.05, 4.69) is 6.92 Å². The molecule has 0 amide bonds. The maximum Gasteiger partial charge on any atom is 0.119 e. The molecule has 0 saturated carbocycles. The zero-order chi connectivity index (χ0) is 15.1. The van der Waals surface area contributed by atoms with Gasteiger partial charge in [-0.25, -0.2) is 0 Å². The van der Waals surface area contributed by atoms with Crippen LogP contribution in [0.4, 0.5) is 0 Å². The Balaban J connectivity index is 2.10. The first-order valence-corrected chi connectivity index (χ1v) is 7.84. The Morgan fingerprint density at radius 2 is 1.86 bits per heavy atom. The van der Waals surface area contributed by atoms with Gasteiger partial charge in [0.1, 0.15) is 17.5 Å². The van der Waals surface area contributed by atoms with Gasteiger partial charge in [-0.05, 0) is 31.0 Å². The van der Waals surface area contributed by atoms with Crippen molar-refractivity contribution in [2.45, 2.75) is 44.8 Å². The number of hydrogen-bond acceptors (Lipinski definition) is 4. The molecule has 1 aliphatic rings. The van der Waals surface area contributed by atoms with Crippen LogP contribution in [0.1, 0.15) is 44.8 Å². The molecule has 0 spiro atoms. The predicted octanol–water partition coefficient (Wildman–Crippen LogP) is 3.09. The van der Waals surface area contributed by atoms with Crippen LogP contribution in [-0.2, 0) is 9.47 Å². The van der Waals surface area contributed by atoms with Gasteiger partial charge in [-0.2, -0.15) is 0 Å². The summed E-state index contributed by atoms with van der Waals surface area (Å²) in [6.45, 7) is 6.61. The lowest BCUT2D eigenvalue weighted by molar-refractivity contribution is -0.168. The Morgan fingerprint density at radius 3 is 2.43 bits per heavy atom. The molecule has 1 aliphatic heterocycles. The first-order valence-electron chi connectivity index (χ1n) is 7.84. The van der Waals surface area contributed by atoms with Crippen LogP contribution in [0.2, 0.25) is 0 Å². The van der Waals surface area contributed by atoms with Gasteiger partial charge in [0.2, 0.25) is 0 Å². The zero-order valence-electron chi connectivity index (χ0n) is 13.0. The molecule has 1 unspecified atom stereocenters. The van der Waals surface area contributed by atoms with E-state index in [4.69, 9.17) is 14.2 Å². The normalized spacial score (nSPS) is 19.2. The molecule has 0 aromatic heterocycles. The number of benzene rings is 1. The van der Waals surface area contributed by atoms with Gasteiger partial charge in [0.25, 0.3) is 0 Å². The minimum absolute atomic E-state index is 0.529. The molecule has 2 rings (SSSR count). The molecule has 1 atom stereocenters. The smallest absolute Gasteiger partial charge is 0.119 e. The van der Waals surface area contributed by atoms with Crippen LogP contribution in [0.3, 0.4) is 0 Å². The van der Waals surface area contributed by atoms with E-state index in [-0.39, 0.29) is 0 Å². The van der Waals surface area contributed by atoms with E-state index in [0.29, 0.717) is 26.4 Å². The second-order valence-corrected chi connectivity index (χ2v) is 5.43. The van der Waals surface area contributed by atoms with Crippen molar-refractivity contribution in [1.29, 1.82) is 0 Å². The van der Waals surface area contributed by atoms with E-state index in [0.717, 1.165) is 30.6 Å². The van der Waals surface area contributed by atoms with Gasteiger partial charge in [0.15, 0.2) is 0 Å². The summed E-state index contributed by atoms with van der Waals surface area (Å²) >= 11 is 0. The van der Waals surface area contributed by atoms with Gasteiger partial charge in [-0.1, -0.05) is 19.1 Å². The Morgan fingerprint density at radius 1 is 1.19 bits per heavy atom. The molecule has 4 nitrogen and oxygen atoms in total. The Labute approximate surface area is 127 Å². The van der Waals surface area contributed by atoms with Gasteiger partial charge >= 0.3 is 0 Å². The Bertz CT molecular complexity index is 404. The third-order valence-corrected chi connectivity index (χ3v) is 3.94. The van der Waals surface area contributed by atoms with Gasteiger partial charge in [0.05, 0.1) is 6.61 Å². The first kappa shape index (κ1) is 16.3. The lowest BCUT2D eigenvalue weighted by atomic mass is 9.84. The lowest BCUT2D eigenvalue weighted by Crippen LogP contribution is -2.44. The SMILES string of the molecule is CCCOc1ccc(C(O)C2(OCC)CCOCC2)cc1. The summed E-state index contributed by atoms with van der Waals surface area (Å²) in [4.78, 5) is 0. The Hall–Kier alpha value is -1.10. The summed E-state index contributed by atoms with van der Waals surface area (Å²) in [5, 5.41) is 10.8. The molecule has 0 bridgehead atoms. The van der Waals surface area contributed by atoms with Crippen molar-refractivity contribution in [3.63, 3.8) is 0 Å². The van der Waals surface area contributed by atoms with Crippen molar-refractivity contribution in [3.8, 4) is 5.75 Å². The second kappa shape index (κ2) is 7.78. The van der Waals surface area contributed by atoms with Crippen molar-refractivity contribution in [2.75, 3.05) is 26.4 Å². The third kappa shape index (κ3) is 3.96. The summed E-state index contributed by atoms with van der Waals surface area (Å²) in [6.07, 6.45) is 1.78. The summed E-state index contributed by atoms with van der Waals surface area (Å²) in [7, 11) is 0. The van der Waals surface area contributed by atoms with Gasteiger partial charge in [-0.15, -0.1) is 0 Å². The van der Waals surface area contributed by atoms with E-state index in [1.54, 1.807) is 0 Å². The van der Waals surface area contributed by atoms with Gasteiger partial charge in [0, 0.05) is 32.7 Å². The van der Waals surface area contributed by atoms with Crippen molar-refractivity contribution in [3.05, 3.63) is 29.8 Å². The van der Waals surface area contributed by atoms with Crippen LogP contribution in [-0.4, -0.2) is 37.1 Å². The highest BCUT2D eigenvalue weighted by molar-refractivity contribution is 5.30. The fourth-order valence-electron chi connectivity index (χ4n) is 2.77. The summed E-state index contributed by atoms with van der Waals surface area (Å²) in [5.41, 5.74) is 0.341. The van der Waals surface area contributed by atoms with Gasteiger partial charge < -0.3 is 19.3 Å². The second-order valence-electron chi connectivity index (χ2n) is 5.43. The van der Waals surface area contributed by atoms with Crippen LogP contribution < -0.4 is 4.74 Å². The van der Waals surface area contributed by atoms with Crippen molar-refractivity contribution in [1.82, 2.24) is 0 Å². The lowest BCUT2D eigenvalue weighted by Gasteiger charge is -2.40. The minimum atomic E-state index is -0.637. The molecule has 1 aromatic rings. The number of ether oxygens (including phenoxy) is 3. The monoisotopic (exact) mass is 294 g/mol. The van der Waals surface area contributed by atoms with E-state index < -0.39 is 11.7 Å². The zero-order valence-corrected chi connectivity index (χ0v) is 13.0. The summed E-state index contributed by atoms with van der Waals surface area (Å²) in [5.74, 6) is 0.838. The van der Waals surface area contributed by atoms with Crippen LogP contribution in [0.25, 0.3) is 0 Å². The standard InChI is InChI=1S/C17H26O4/c1-3-11-20-15-7-5-14(6-8-15)16(18)17(21-4-2)9-12-19-13-10-17/h5-8,16,18H,3-4,9-13H2,1-2H3. The highest BCUT2D eigenvalue weighted by atomic mass is 16.5. The average molecular weight is 294 g/mol. The number of aliphatic hydroxyl groups excluding tert-OH is 1. The molecule has 1 fully saturated rings. The predicted molar refractivity (Wildman–Crippen MR) is 81.6 cm³/mol. The van der Waals surface area contributed by atoms with Gasteiger partial charge in [-0.3, -0.25) is 0 Å². The Kier molecular flexibility index (Phi) is 6.03. The maximum absolute atomic E-state index is 10.8. The first-order chi connectivity index (χ1) is 10.2. The summed E-state index contributed by atoms with van der Waals surface area (Å²) in [6, 6.07) is 7.66. The van der Waals surface area contributed by atoms with Crippen molar-refractivity contribution in [2.24, 2.45) is 0 Å². The highest BCUT2D eigenvalue weighted by Crippen LogP contribution is 2.38. The van der Waals surface area contributed by atoms with E-state index in [1.807, 2.05) is 31.2 Å². The molecule has 1 heterocycles. The molecule has 21 heavy (non-hydrogen) atoms.